The zero-order chi connectivity index (χ0) is 14.3. The molecule has 0 amide bonds. The summed E-state index contributed by atoms with van der Waals surface area (Å²) in [5.74, 6) is -0.285. The molecule has 5 nitrogen and oxygen atoms in total. The summed E-state index contributed by atoms with van der Waals surface area (Å²) in [5, 5.41) is 18.6. The van der Waals surface area contributed by atoms with Gasteiger partial charge in [0, 0.05) is 6.04 Å². The van der Waals surface area contributed by atoms with Crippen LogP contribution in [-0.4, -0.2) is 26.4 Å². The van der Waals surface area contributed by atoms with Gasteiger partial charge in [0.1, 0.15) is 0 Å². The van der Waals surface area contributed by atoms with Crippen molar-refractivity contribution in [1.82, 2.24) is 9.55 Å². The van der Waals surface area contributed by atoms with Gasteiger partial charge >= 0.3 is 5.97 Å². The lowest BCUT2D eigenvalue weighted by Gasteiger charge is -2.07. The number of hydrogen-bond acceptors (Lipinski definition) is 4. The van der Waals surface area contributed by atoms with Crippen LogP contribution in [0.15, 0.2) is 23.4 Å². The average molecular weight is 287 g/mol. The lowest BCUT2D eigenvalue weighted by Crippen LogP contribution is -2.02. The van der Waals surface area contributed by atoms with Crippen molar-refractivity contribution < 1.29 is 9.90 Å². The Balaban J connectivity index is 2.09. The highest BCUT2D eigenvalue weighted by molar-refractivity contribution is 7.99. The normalized spacial score (nSPS) is 20.8. The maximum absolute atomic E-state index is 10.7. The molecule has 1 fully saturated rings. The lowest BCUT2D eigenvalue weighted by atomic mass is 10.2. The van der Waals surface area contributed by atoms with Crippen LogP contribution in [0.4, 0.5) is 0 Å². The summed E-state index contributed by atoms with van der Waals surface area (Å²) in [5.41, 5.74) is 2.34. The lowest BCUT2D eigenvalue weighted by molar-refractivity contribution is -0.133. The summed E-state index contributed by atoms with van der Waals surface area (Å²) >= 11 is 1.23. The third kappa shape index (κ3) is 2.25. The molecule has 1 aliphatic rings. The van der Waals surface area contributed by atoms with Crippen LogP contribution in [0.2, 0.25) is 0 Å². The molecule has 6 heteroatoms. The number of benzene rings is 1. The smallest absolute Gasteiger partial charge is 0.313 e. The van der Waals surface area contributed by atoms with Gasteiger partial charge in [0.05, 0.1) is 28.4 Å². The number of rotatable bonds is 4. The second-order valence-corrected chi connectivity index (χ2v) is 5.98. The minimum atomic E-state index is -0.852. The molecule has 0 aliphatic heterocycles. The van der Waals surface area contributed by atoms with Gasteiger partial charge in [0.25, 0.3) is 0 Å². The van der Waals surface area contributed by atoms with E-state index in [1.165, 1.54) is 11.8 Å². The van der Waals surface area contributed by atoms with E-state index >= 15 is 0 Å². The molecule has 0 radical (unpaired) electrons. The van der Waals surface area contributed by atoms with E-state index in [4.69, 9.17) is 10.4 Å². The first-order chi connectivity index (χ1) is 9.60. The molecule has 1 aromatic carbocycles. The molecular formula is C14H13N3O2S. The number of carboxylic acid groups (broad SMARTS) is 1. The standard InChI is InChI=1S/C14H13N3O2S/c1-8-4-11(8)17-12-5-9(6-15)2-3-10(12)16-14(17)20-7-13(18)19/h2-3,5,8,11H,4,7H2,1H3,(H,18,19). The van der Waals surface area contributed by atoms with E-state index < -0.39 is 5.97 Å². The Morgan fingerprint density at radius 2 is 2.40 bits per heavy atom. The molecule has 2 atom stereocenters. The number of fused-ring (bicyclic) bond motifs is 1. The second kappa shape index (κ2) is 4.84. The van der Waals surface area contributed by atoms with Crippen molar-refractivity contribution in [3.8, 4) is 6.07 Å². The predicted molar refractivity (Wildman–Crippen MR) is 75.6 cm³/mol. The molecule has 20 heavy (non-hydrogen) atoms. The quantitative estimate of drug-likeness (QED) is 0.875. The van der Waals surface area contributed by atoms with E-state index in [2.05, 4.69) is 22.5 Å². The molecule has 0 saturated heterocycles. The van der Waals surface area contributed by atoms with Crippen molar-refractivity contribution in [1.29, 1.82) is 5.26 Å². The molecule has 2 aromatic rings. The van der Waals surface area contributed by atoms with Gasteiger partial charge in [-0.3, -0.25) is 4.79 Å². The second-order valence-electron chi connectivity index (χ2n) is 5.04. The molecule has 1 N–H and O–H groups in total. The van der Waals surface area contributed by atoms with Gasteiger partial charge in [-0.1, -0.05) is 18.7 Å². The van der Waals surface area contributed by atoms with Crippen LogP contribution in [0, 0.1) is 17.2 Å². The Morgan fingerprint density at radius 3 is 3.00 bits per heavy atom. The molecule has 2 unspecified atom stereocenters. The maximum Gasteiger partial charge on any atom is 0.313 e. The Hall–Kier alpha value is -2.00. The van der Waals surface area contributed by atoms with E-state index in [9.17, 15) is 4.79 Å². The summed E-state index contributed by atoms with van der Waals surface area (Å²) < 4.78 is 2.09. The third-order valence-electron chi connectivity index (χ3n) is 3.51. The van der Waals surface area contributed by atoms with Crippen LogP contribution in [0.25, 0.3) is 11.0 Å². The molecule has 1 aromatic heterocycles. The predicted octanol–water partition coefficient (Wildman–Crippen LogP) is 2.67. The fraction of sp³-hybridized carbons (Fsp3) is 0.357. The van der Waals surface area contributed by atoms with Gasteiger partial charge in [-0.15, -0.1) is 0 Å². The highest BCUT2D eigenvalue weighted by Gasteiger charge is 2.37. The van der Waals surface area contributed by atoms with Crippen LogP contribution < -0.4 is 0 Å². The topological polar surface area (TPSA) is 78.9 Å². The number of carboxylic acids is 1. The van der Waals surface area contributed by atoms with Crippen LogP contribution in [0.5, 0.6) is 0 Å². The van der Waals surface area contributed by atoms with Crippen LogP contribution in [0.3, 0.4) is 0 Å². The minimum absolute atomic E-state index is 0.00443. The Bertz CT molecular complexity index is 732. The summed E-state index contributed by atoms with van der Waals surface area (Å²) in [6.45, 7) is 2.16. The van der Waals surface area contributed by atoms with Crippen molar-refractivity contribution >= 4 is 28.8 Å². The number of aromatic nitrogens is 2. The molecule has 1 heterocycles. The fourth-order valence-electron chi connectivity index (χ4n) is 2.35. The van der Waals surface area contributed by atoms with E-state index in [0.717, 1.165) is 22.6 Å². The maximum atomic E-state index is 10.7. The number of carbonyl (C=O) groups is 1. The Kier molecular flexibility index (Phi) is 3.14. The van der Waals surface area contributed by atoms with Crippen molar-refractivity contribution in [2.75, 3.05) is 5.75 Å². The van der Waals surface area contributed by atoms with Crippen LogP contribution in [0.1, 0.15) is 24.9 Å². The first-order valence-corrected chi connectivity index (χ1v) is 7.35. The number of nitriles is 1. The highest BCUT2D eigenvalue weighted by atomic mass is 32.2. The molecular weight excluding hydrogens is 274 g/mol. The van der Waals surface area contributed by atoms with Crippen molar-refractivity contribution in [2.45, 2.75) is 24.5 Å². The zero-order valence-corrected chi connectivity index (χ0v) is 11.7. The first kappa shape index (κ1) is 13.0. The van der Waals surface area contributed by atoms with Gasteiger partial charge < -0.3 is 9.67 Å². The summed E-state index contributed by atoms with van der Waals surface area (Å²) in [7, 11) is 0. The fourth-order valence-corrected chi connectivity index (χ4v) is 3.14. The van der Waals surface area contributed by atoms with E-state index in [1.54, 1.807) is 6.07 Å². The van der Waals surface area contributed by atoms with Gasteiger partial charge in [-0.25, -0.2) is 4.98 Å². The molecule has 1 saturated carbocycles. The van der Waals surface area contributed by atoms with Crippen molar-refractivity contribution in [3.63, 3.8) is 0 Å². The van der Waals surface area contributed by atoms with Crippen LogP contribution >= 0.6 is 11.8 Å². The molecule has 0 spiro atoms. The first-order valence-electron chi connectivity index (χ1n) is 6.37. The minimum Gasteiger partial charge on any atom is -0.481 e. The molecule has 3 rings (SSSR count). The number of hydrogen-bond donors (Lipinski definition) is 1. The number of nitrogens with zero attached hydrogens (tertiary/aromatic N) is 3. The SMILES string of the molecule is CC1CC1n1c(SCC(=O)O)nc2ccc(C#N)cc21. The number of aliphatic carboxylic acids is 1. The summed E-state index contributed by atoms with van der Waals surface area (Å²) in [6.07, 6.45) is 1.07. The number of imidazole rings is 1. The molecule has 102 valence electrons. The van der Waals surface area contributed by atoms with E-state index in [0.29, 0.717) is 17.5 Å². The van der Waals surface area contributed by atoms with Gasteiger partial charge in [0.2, 0.25) is 0 Å². The Labute approximate surface area is 120 Å². The zero-order valence-electron chi connectivity index (χ0n) is 10.9. The highest BCUT2D eigenvalue weighted by Crippen LogP contribution is 2.46. The number of thioether (sulfide) groups is 1. The van der Waals surface area contributed by atoms with E-state index in [1.807, 2.05) is 12.1 Å². The summed E-state index contributed by atoms with van der Waals surface area (Å²) in [6, 6.07) is 7.89. The molecule has 0 bridgehead atoms. The van der Waals surface area contributed by atoms with Crippen molar-refractivity contribution in [2.24, 2.45) is 5.92 Å². The largest absolute Gasteiger partial charge is 0.481 e. The summed E-state index contributed by atoms with van der Waals surface area (Å²) in [4.78, 5) is 15.3. The van der Waals surface area contributed by atoms with E-state index in [-0.39, 0.29) is 5.75 Å². The van der Waals surface area contributed by atoms with Gasteiger partial charge in [-0.05, 0) is 30.5 Å². The van der Waals surface area contributed by atoms with Crippen molar-refractivity contribution in [3.05, 3.63) is 23.8 Å². The third-order valence-corrected chi connectivity index (χ3v) is 4.45. The van der Waals surface area contributed by atoms with Crippen LogP contribution in [-0.2, 0) is 4.79 Å². The monoisotopic (exact) mass is 287 g/mol. The van der Waals surface area contributed by atoms with Gasteiger partial charge in [-0.2, -0.15) is 5.26 Å². The Morgan fingerprint density at radius 1 is 1.65 bits per heavy atom. The average Bonchev–Trinajstić information content (AvgIpc) is 3.02. The molecule has 1 aliphatic carbocycles. The van der Waals surface area contributed by atoms with Gasteiger partial charge in [0.15, 0.2) is 5.16 Å².